The van der Waals surface area contributed by atoms with E-state index in [0.717, 1.165) is 6.42 Å². The maximum Gasteiger partial charge on any atom is 0.261 e. The average molecular weight is 421 g/mol. The molecule has 2 atom stereocenters. The van der Waals surface area contributed by atoms with Crippen molar-refractivity contribution in [3.8, 4) is 5.75 Å². The normalized spacial score (nSPS) is 12.7. The Kier molecular flexibility index (Phi) is 8.46. The van der Waals surface area contributed by atoms with E-state index in [1.807, 2.05) is 19.9 Å². The molecule has 156 valence electrons. The van der Waals surface area contributed by atoms with Gasteiger partial charge in [0.05, 0.1) is 0 Å². The molecule has 7 heteroatoms. The van der Waals surface area contributed by atoms with E-state index in [0.29, 0.717) is 10.6 Å². The molecular formula is C22H26ClFN2O3. The first-order valence-electron chi connectivity index (χ1n) is 9.54. The molecule has 2 unspecified atom stereocenters. The van der Waals surface area contributed by atoms with Gasteiger partial charge in [-0.15, -0.1) is 0 Å². The Hall–Kier alpha value is -2.60. The number of carbonyl (C=O) groups excluding carboxylic acids is 2. The van der Waals surface area contributed by atoms with E-state index in [1.54, 1.807) is 31.2 Å². The van der Waals surface area contributed by atoms with Crippen LogP contribution in [0.15, 0.2) is 48.5 Å². The highest BCUT2D eigenvalue weighted by atomic mass is 35.5. The monoisotopic (exact) mass is 420 g/mol. The molecule has 29 heavy (non-hydrogen) atoms. The molecule has 0 heterocycles. The molecule has 0 aliphatic carbocycles. The van der Waals surface area contributed by atoms with Gasteiger partial charge < -0.3 is 15.0 Å². The van der Waals surface area contributed by atoms with Crippen molar-refractivity contribution in [1.29, 1.82) is 0 Å². The lowest BCUT2D eigenvalue weighted by Crippen LogP contribution is -2.50. The molecule has 0 spiro atoms. The smallest absolute Gasteiger partial charge is 0.261 e. The maximum atomic E-state index is 13.8. The molecule has 0 radical (unpaired) electrons. The van der Waals surface area contributed by atoms with E-state index >= 15 is 0 Å². The summed E-state index contributed by atoms with van der Waals surface area (Å²) >= 11 is 6.24. The number of hydrogen-bond acceptors (Lipinski definition) is 3. The van der Waals surface area contributed by atoms with E-state index in [1.165, 1.54) is 23.1 Å². The zero-order valence-electron chi connectivity index (χ0n) is 16.8. The minimum Gasteiger partial charge on any atom is -0.481 e. The summed E-state index contributed by atoms with van der Waals surface area (Å²) < 4.78 is 19.1. The second kappa shape index (κ2) is 10.8. The van der Waals surface area contributed by atoms with Gasteiger partial charge in [-0.05, 0) is 44.0 Å². The first-order chi connectivity index (χ1) is 13.8. The van der Waals surface area contributed by atoms with Crippen LogP contribution < -0.4 is 10.1 Å². The van der Waals surface area contributed by atoms with Gasteiger partial charge in [0.15, 0.2) is 18.2 Å². The molecule has 2 amide bonds. The van der Waals surface area contributed by atoms with E-state index in [2.05, 4.69) is 5.32 Å². The lowest BCUT2D eigenvalue weighted by atomic mass is 10.1. The quantitative estimate of drug-likeness (QED) is 0.661. The summed E-state index contributed by atoms with van der Waals surface area (Å²) in [6, 6.07) is 12.2. The molecule has 0 saturated carbocycles. The number of carbonyl (C=O) groups is 2. The number of halogens is 2. The molecule has 1 N–H and O–H groups in total. The van der Waals surface area contributed by atoms with Crippen LogP contribution in [0.4, 0.5) is 4.39 Å². The number of benzene rings is 2. The Bertz CT molecular complexity index is 846. The van der Waals surface area contributed by atoms with Gasteiger partial charge in [-0.2, -0.15) is 0 Å². The largest absolute Gasteiger partial charge is 0.481 e. The van der Waals surface area contributed by atoms with Gasteiger partial charge in [-0.3, -0.25) is 9.59 Å². The molecule has 0 bridgehead atoms. The third-order valence-electron chi connectivity index (χ3n) is 4.65. The number of hydrogen-bond donors (Lipinski definition) is 1. The Morgan fingerprint density at radius 2 is 1.79 bits per heavy atom. The van der Waals surface area contributed by atoms with Crippen molar-refractivity contribution < 1.29 is 18.7 Å². The van der Waals surface area contributed by atoms with Crippen molar-refractivity contribution in [2.45, 2.75) is 45.8 Å². The van der Waals surface area contributed by atoms with Gasteiger partial charge in [-0.25, -0.2) is 4.39 Å². The Balaban J connectivity index is 2.18. The first kappa shape index (κ1) is 22.7. The van der Waals surface area contributed by atoms with Crippen LogP contribution in [-0.2, 0) is 16.1 Å². The molecule has 0 aliphatic rings. The van der Waals surface area contributed by atoms with Gasteiger partial charge in [0, 0.05) is 17.6 Å². The van der Waals surface area contributed by atoms with Crippen LogP contribution in [-0.4, -0.2) is 35.4 Å². The van der Waals surface area contributed by atoms with Crippen LogP contribution in [0.25, 0.3) is 0 Å². The van der Waals surface area contributed by atoms with Gasteiger partial charge >= 0.3 is 0 Å². The van der Waals surface area contributed by atoms with Crippen molar-refractivity contribution >= 4 is 23.4 Å². The van der Waals surface area contributed by atoms with Crippen molar-refractivity contribution in [1.82, 2.24) is 10.2 Å². The van der Waals surface area contributed by atoms with Crippen LogP contribution in [0.1, 0.15) is 32.8 Å². The summed E-state index contributed by atoms with van der Waals surface area (Å²) in [5.41, 5.74) is 0.705. The second-order valence-corrected chi connectivity index (χ2v) is 7.23. The van der Waals surface area contributed by atoms with Crippen LogP contribution in [0.3, 0.4) is 0 Å². The van der Waals surface area contributed by atoms with Crippen LogP contribution >= 0.6 is 11.6 Å². The topological polar surface area (TPSA) is 58.6 Å². The fourth-order valence-electron chi connectivity index (χ4n) is 2.64. The highest BCUT2D eigenvalue weighted by Crippen LogP contribution is 2.20. The lowest BCUT2D eigenvalue weighted by molar-refractivity contribution is -0.142. The van der Waals surface area contributed by atoms with E-state index in [9.17, 15) is 14.0 Å². The lowest BCUT2D eigenvalue weighted by Gasteiger charge is -2.30. The summed E-state index contributed by atoms with van der Waals surface area (Å²) in [5, 5.41) is 3.38. The van der Waals surface area contributed by atoms with E-state index in [4.69, 9.17) is 16.3 Å². The van der Waals surface area contributed by atoms with Crippen molar-refractivity contribution in [3.63, 3.8) is 0 Å². The fraction of sp³-hybridized carbons (Fsp3) is 0.364. The molecule has 0 aromatic heterocycles. The van der Waals surface area contributed by atoms with Crippen molar-refractivity contribution in [3.05, 3.63) is 64.9 Å². The summed E-state index contributed by atoms with van der Waals surface area (Å²) in [7, 11) is 0. The average Bonchev–Trinajstić information content (AvgIpc) is 2.71. The minimum atomic E-state index is -0.753. The zero-order chi connectivity index (χ0) is 21.4. The van der Waals surface area contributed by atoms with Gasteiger partial charge in [-0.1, -0.05) is 48.9 Å². The van der Waals surface area contributed by atoms with Crippen LogP contribution in [0.5, 0.6) is 5.75 Å². The molecule has 0 fully saturated rings. The van der Waals surface area contributed by atoms with Gasteiger partial charge in [0.2, 0.25) is 5.91 Å². The molecule has 2 aromatic carbocycles. The molecule has 0 aliphatic heterocycles. The molecule has 5 nitrogen and oxygen atoms in total. The molecule has 2 aromatic rings. The first-order valence-corrected chi connectivity index (χ1v) is 9.91. The highest BCUT2D eigenvalue weighted by Gasteiger charge is 2.27. The summed E-state index contributed by atoms with van der Waals surface area (Å²) in [6.07, 6.45) is 0.771. The fourth-order valence-corrected chi connectivity index (χ4v) is 2.84. The van der Waals surface area contributed by atoms with Gasteiger partial charge in [0.25, 0.3) is 5.91 Å². The summed E-state index contributed by atoms with van der Waals surface area (Å²) in [5.74, 6) is -1.29. The number of nitrogens with zero attached hydrogens (tertiary/aromatic N) is 1. The third kappa shape index (κ3) is 6.46. The predicted molar refractivity (Wildman–Crippen MR) is 111 cm³/mol. The number of para-hydroxylation sites is 1. The van der Waals surface area contributed by atoms with E-state index in [-0.39, 0.29) is 24.2 Å². The Morgan fingerprint density at radius 1 is 1.14 bits per heavy atom. The summed E-state index contributed by atoms with van der Waals surface area (Å²) in [6.45, 7) is 5.24. The number of rotatable bonds is 9. The van der Waals surface area contributed by atoms with E-state index < -0.39 is 24.4 Å². The second-order valence-electron chi connectivity index (χ2n) is 6.83. The Morgan fingerprint density at radius 3 is 2.45 bits per heavy atom. The minimum absolute atomic E-state index is 0.0168. The molecule has 0 saturated heterocycles. The zero-order valence-corrected chi connectivity index (χ0v) is 17.6. The molecular weight excluding hydrogens is 395 g/mol. The van der Waals surface area contributed by atoms with Crippen LogP contribution in [0, 0.1) is 5.82 Å². The standard InChI is InChI=1S/C22H26ClFN2O3/c1-4-15(2)25-22(28)16(3)26(13-17-9-5-6-10-18(17)23)21(27)14-29-20-12-8-7-11-19(20)24/h5-12,15-16H,4,13-14H2,1-3H3,(H,25,28). The number of ether oxygens (including phenoxy) is 1. The predicted octanol–water partition coefficient (Wildman–Crippen LogP) is 4.19. The Labute approximate surface area is 175 Å². The SMILES string of the molecule is CCC(C)NC(=O)C(C)N(Cc1ccccc1Cl)C(=O)COc1ccccc1F. The number of nitrogens with one attached hydrogen (secondary N) is 1. The maximum absolute atomic E-state index is 13.8. The highest BCUT2D eigenvalue weighted by molar-refractivity contribution is 6.31. The third-order valence-corrected chi connectivity index (χ3v) is 5.02. The number of amides is 2. The van der Waals surface area contributed by atoms with Crippen molar-refractivity contribution in [2.24, 2.45) is 0 Å². The van der Waals surface area contributed by atoms with Crippen LogP contribution in [0.2, 0.25) is 5.02 Å². The molecule has 2 rings (SSSR count). The van der Waals surface area contributed by atoms with Crippen molar-refractivity contribution in [2.75, 3.05) is 6.61 Å². The van der Waals surface area contributed by atoms with Gasteiger partial charge in [0.1, 0.15) is 6.04 Å². The summed E-state index contributed by atoms with van der Waals surface area (Å²) in [4.78, 5) is 26.9.